The van der Waals surface area contributed by atoms with Crippen LogP contribution in [0.15, 0.2) is 10.7 Å². The average molecular weight is 298 g/mol. The van der Waals surface area contributed by atoms with Gasteiger partial charge in [-0.2, -0.15) is 10.1 Å². The van der Waals surface area contributed by atoms with Gasteiger partial charge >= 0.3 is 0 Å². The predicted octanol–water partition coefficient (Wildman–Crippen LogP) is 1.80. The van der Waals surface area contributed by atoms with Crippen LogP contribution in [0.4, 0.5) is 0 Å². The van der Waals surface area contributed by atoms with E-state index in [-0.39, 0.29) is 18.5 Å². The van der Waals surface area contributed by atoms with Crippen LogP contribution in [0.1, 0.15) is 36.8 Å². The number of hydrogen-bond donors (Lipinski definition) is 1. The number of nitrogens with zero attached hydrogens (tertiary/aromatic N) is 4. The van der Waals surface area contributed by atoms with Gasteiger partial charge in [0.15, 0.2) is 5.82 Å². The summed E-state index contributed by atoms with van der Waals surface area (Å²) >= 11 is 5.90. The van der Waals surface area contributed by atoms with Gasteiger partial charge in [-0.05, 0) is 20.3 Å². The zero-order valence-electron chi connectivity index (χ0n) is 11.6. The van der Waals surface area contributed by atoms with Crippen molar-refractivity contribution in [3.63, 3.8) is 0 Å². The van der Waals surface area contributed by atoms with Gasteiger partial charge < -0.3 is 9.84 Å². The van der Waals surface area contributed by atoms with E-state index in [0.29, 0.717) is 28.9 Å². The summed E-state index contributed by atoms with van der Waals surface area (Å²) in [6.07, 6.45) is 2.28. The highest BCUT2D eigenvalue weighted by molar-refractivity contribution is 6.31. The molecule has 0 aliphatic heterocycles. The Morgan fingerprint density at radius 3 is 2.80 bits per heavy atom. The first-order valence-electron chi connectivity index (χ1n) is 6.28. The third-order valence-corrected chi connectivity index (χ3v) is 3.15. The molecular weight excluding hydrogens is 282 g/mol. The molecule has 0 aliphatic rings. The number of amides is 1. The van der Waals surface area contributed by atoms with Crippen molar-refractivity contribution in [2.75, 3.05) is 0 Å². The van der Waals surface area contributed by atoms with Crippen molar-refractivity contribution in [1.29, 1.82) is 0 Å². The number of aromatic nitrogens is 4. The van der Waals surface area contributed by atoms with Gasteiger partial charge in [-0.1, -0.05) is 23.7 Å². The van der Waals surface area contributed by atoms with Crippen molar-refractivity contribution in [2.45, 2.75) is 39.8 Å². The largest absolute Gasteiger partial charge is 0.343 e. The number of carbonyl (C=O) groups is 1. The van der Waals surface area contributed by atoms with Crippen molar-refractivity contribution >= 4 is 17.5 Å². The first kappa shape index (κ1) is 14.5. The van der Waals surface area contributed by atoms with E-state index in [1.165, 1.54) is 4.68 Å². The number of rotatable bonds is 5. The Kier molecular flexibility index (Phi) is 4.39. The number of carbonyl (C=O) groups excluding carboxylic acids is 1. The first-order valence-corrected chi connectivity index (χ1v) is 6.66. The van der Waals surface area contributed by atoms with Crippen molar-refractivity contribution in [3.05, 3.63) is 28.6 Å². The predicted molar refractivity (Wildman–Crippen MR) is 72.2 cm³/mol. The lowest BCUT2D eigenvalue weighted by molar-refractivity contribution is -0.122. The molecule has 0 saturated carbocycles. The van der Waals surface area contributed by atoms with Gasteiger partial charge in [-0.25, -0.2) is 0 Å². The Morgan fingerprint density at radius 2 is 2.30 bits per heavy atom. The van der Waals surface area contributed by atoms with Crippen LogP contribution in [-0.4, -0.2) is 25.8 Å². The number of aryl methyl sites for hydroxylation is 2. The van der Waals surface area contributed by atoms with Crippen LogP contribution in [0.5, 0.6) is 0 Å². The summed E-state index contributed by atoms with van der Waals surface area (Å²) in [5.41, 5.74) is 0.694. The van der Waals surface area contributed by atoms with E-state index in [9.17, 15) is 4.79 Å². The van der Waals surface area contributed by atoms with E-state index in [1.54, 1.807) is 20.0 Å². The molecule has 7 nitrogen and oxygen atoms in total. The van der Waals surface area contributed by atoms with Gasteiger partial charge in [-0.3, -0.25) is 9.48 Å². The van der Waals surface area contributed by atoms with Crippen LogP contribution < -0.4 is 5.32 Å². The third-order valence-electron chi connectivity index (χ3n) is 2.78. The summed E-state index contributed by atoms with van der Waals surface area (Å²) in [5.74, 6) is 0.766. The molecule has 0 radical (unpaired) electrons. The fraction of sp³-hybridized carbons (Fsp3) is 0.500. The van der Waals surface area contributed by atoms with Crippen LogP contribution in [0.25, 0.3) is 0 Å². The van der Waals surface area contributed by atoms with Crippen LogP contribution in [0.3, 0.4) is 0 Å². The molecule has 2 aromatic rings. The Morgan fingerprint density at radius 1 is 1.55 bits per heavy atom. The molecule has 1 amide bonds. The molecule has 20 heavy (non-hydrogen) atoms. The summed E-state index contributed by atoms with van der Waals surface area (Å²) in [6.45, 7) is 5.54. The van der Waals surface area contributed by atoms with Crippen molar-refractivity contribution in [2.24, 2.45) is 0 Å². The molecule has 2 heterocycles. The smallest absolute Gasteiger partial charge is 0.249 e. The van der Waals surface area contributed by atoms with Gasteiger partial charge in [0.2, 0.25) is 11.8 Å². The molecule has 2 rings (SSSR count). The normalized spacial score (nSPS) is 12.4. The molecule has 1 N–H and O–H groups in total. The maximum atomic E-state index is 12.0. The SMILES string of the molecule is CCC(NC(=O)Cn1cc(Cl)c(C)n1)c1nc(C)no1. The zero-order chi connectivity index (χ0) is 14.7. The van der Waals surface area contributed by atoms with Gasteiger partial charge in [-0.15, -0.1) is 0 Å². The van der Waals surface area contributed by atoms with Crippen LogP contribution in [0, 0.1) is 13.8 Å². The molecular formula is C12H16ClN5O2. The fourth-order valence-electron chi connectivity index (χ4n) is 1.75. The van der Waals surface area contributed by atoms with E-state index in [2.05, 4.69) is 20.6 Å². The summed E-state index contributed by atoms with van der Waals surface area (Å²) in [6, 6.07) is -0.296. The topological polar surface area (TPSA) is 85.8 Å². The molecule has 0 spiro atoms. The monoisotopic (exact) mass is 297 g/mol. The Hall–Kier alpha value is -1.89. The minimum Gasteiger partial charge on any atom is -0.343 e. The Labute approximate surface area is 121 Å². The van der Waals surface area contributed by atoms with Crippen LogP contribution >= 0.6 is 11.6 Å². The van der Waals surface area contributed by atoms with E-state index in [4.69, 9.17) is 16.1 Å². The lowest BCUT2D eigenvalue weighted by Crippen LogP contribution is -2.31. The third kappa shape index (κ3) is 3.36. The number of hydrogen-bond acceptors (Lipinski definition) is 5. The van der Waals surface area contributed by atoms with Crippen molar-refractivity contribution in [3.8, 4) is 0 Å². The molecule has 2 aromatic heterocycles. The van der Waals surface area contributed by atoms with E-state index in [1.807, 2.05) is 6.92 Å². The fourth-order valence-corrected chi connectivity index (χ4v) is 1.91. The van der Waals surface area contributed by atoms with Crippen LogP contribution in [0.2, 0.25) is 5.02 Å². The summed E-state index contributed by atoms with van der Waals surface area (Å²) in [4.78, 5) is 16.1. The maximum absolute atomic E-state index is 12.0. The number of nitrogens with one attached hydrogen (secondary N) is 1. The van der Waals surface area contributed by atoms with Gasteiger partial charge in [0.25, 0.3) is 0 Å². The lowest BCUT2D eigenvalue weighted by atomic mass is 10.2. The second-order valence-electron chi connectivity index (χ2n) is 4.47. The maximum Gasteiger partial charge on any atom is 0.249 e. The summed E-state index contributed by atoms with van der Waals surface area (Å²) < 4.78 is 6.57. The van der Waals surface area contributed by atoms with Gasteiger partial charge in [0.05, 0.1) is 10.7 Å². The highest BCUT2D eigenvalue weighted by atomic mass is 35.5. The molecule has 1 atom stereocenters. The zero-order valence-corrected chi connectivity index (χ0v) is 12.3. The van der Waals surface area contributed by atoms with Crippen molar-refractivity contribution < 1.29 is 9.32 Å². The van der Waals surface area contributed by atoms with Crippen LogP contribution in [-0.2, 0) is 11.3 Å². The Bertz CT molecular complexity index is 587. The minimum absolute atomic E-state index is 0.0944. The molecule has 0 aromatic carbocycles. The quantitative estimate of drug-likeness (QED) is 0.909. The van der Waals surface area contributed by atoms with E-state index < -0.39 is 0 Å². The summed E-state index contributed by atoms with van der Waals surface area (Å²) in [7, 11) is 0. The second kappa shape index (κ2) is 6.04. The van der Waals surface area contributed by atoms with Crippen molar-refractivity contribution in [1.82, 2.24) is 25.2 Å². The van der Waals surface area contributed by atoms with E-state index in [0.717, 1.165) is 0 Å². The molecule has 0 bridgehead atoms. The van der Waals surface area contributed by atoms with Gasteiger partial charge in [0, 0.05) is 6.20 Å². The van der Waals surface area contributed by atoms with Gasteiger partial charge in [0.1, 0.15) is 12.6 Å². The average Bonchev–Trinajstić information content (AvgIpc) is 2.94. The first-order chi connectivity index (χ1) is 9.49. The second-order valence-corrected chi connectivity index (χ2v) is 4.88. The highest BCUT2D eigenvalue weighted by Crippen LogP contribution is 2.15. The molecule has 1 unspecified atom stereocenters. The Balaban J connectivity index is 1.99. The minimum atomic E-state index is -0.296. The highest BCUT2D eigenvalue weighted by Gasteiger charge is 2.19. The molecule has 108 valence electrons. The molecule has 0 fully saturated rings. The molecule has 8 heteroatoms. The number of halogens is 1. The van der Waals surface area contributed by atoms with E-state index >= 15 is 0 Å². The molecule has 0 saturated heterocycles. The lowest BCUT2D eigenvalue weighted by Gasteiger charge is -2.12. The molecule has 0 aliphatic carbocycles. The summed E-state index contributed by atoms with van der Waals surface area (Å²) in [5, 5.41) is 11.2. The standard InChI is InChI=1S/C12H16ClN5O2/c1-4-10(12-14-8(3)17-20-12)15-11(19)6-18-5-9(13)7(2)16-18/h5,10H,4,6H2,1-3H3,(H,15,19).